The third kappa shape index (κ3) is 5.03. The van der Waals surface area contributed by atoms with Crippen LogP contribution in [0.25, 0.3) is 0 Å². The van der Waals surface area contributed by atoms with E-state index in [1.54, 1.807) is 26.0 Å². The quantitative estimate of drug-likeness (QED) is 0.739. The molecular formula is C18H27N3O4S2. The van der Waals surface area contributed by atoms with Gasteiger partial charge in [-0.3, -0.25) is 9.59 Å². The van der Waals surface area contributed by atoms with E-state index in [0.29, 0.717) is 31.0 Å². The van der Waals surface area contributed by atoms with E-state index in [1.165, 1.54) is 27.0 Å². The highest BCUT2D eigenvalue weighted by Gasteiger charge is 2.28. The zero-order valence-electron chi connectivity index (χ0n) is 16.2. The average Bonchev–Trinajstić information content (AvgIpc) is 2.74. The Kier molecular flexibility index (Phi) is 7.30. The van der Waals surface area contributed by atoms with Gasteiger partial charge in [0.05, 0.1) is 10.6 Å². The summed E-state index contributed by atoms with van der Waals surface area (Å²) >= 11 is 1.49. The van der Waals surface area contributed by atoms with Gasteiger partial charge >= 0.3 is 0 Å². The molecule has 2 rings (SSSR count). The third-order valence-electron chi connectivity index (χ3n) is 4.19. The van der Waals surface area contributed by atoms with E-state index in [1.807, 2.05) is 13.8 Å². The van der Waals surface area contributed by atoms with E-state index in [2.05, 4.69) is 5.32 Å². The highest BCUT2D eigenvalue weighted by Crippen LogP contribution is 2.36. The molecule has 0 aromatic heterocycles. The molecular weight excluding hydrogens is 386 g/mol. The number of hydrogen-bond donors (Lipinski definition) is 1. The lowest BCUT2D eigenvalue weighted by Gasteiger charge is -2.24. The Morgan fingerprint density at radius 2 is 1.96 bits per heavy atom. The van der Waals surface area contributed by atoms with Crippen molar-refractivity contribution in [1.82, 2.24) is 9.62 Å². The number of sulfonamides is 1. The zero-order valence-corrected chi connectivity index (χ0v) is 17.8. The van der Waals surface area contributed by atoms with Crippen LogP contribution in [-0.4, -0.2) is 56.0 Å². The Hall–Kier alpha value is -1.58. The fourth-order valence-corrected chi connectivity index (χ4v) is 5.36. The fraction of sp³-hybridized carbons (Fsp3) is 0.556. The number of carbonyl (C=O) groups excluding carboxylic acids is 2. The molecule has 1 aliphatic rings. The van der Waals surface area contributed by atoms with Gasteiger partial charge in [0.2, 0.25) is 21.8 Å². The predicted molar refractivity (Wildman–Crippen MR) is 108 cm³/mol. The van der Waals surface area contributed by atoms with Crippen molar-refractivity contribution in [2.45, 2.75) is 49.9 Å². The van der Waals surface area contributed by atoms with Gasteiger partial charge in [-0.25, -0.2) is 8.42 Å². The standard InChI is InChI=1S/C18H27N3O4S2/c1-5-20(6-2)27(24,25)14-7-8-16-15(11-14)21(18(23)9-10-26-16)12-17(22)19-13(3)4/h7-8,11,13H,5-6,9-10,12H2,1-4H3,(H,19,22). The monoisotopic (exact) mass is 413 g/mol. The van der Waals surface area contributed by atoms with Crippen LogP contribution >= 0.6 is 11.8 Å². The lowest BCUT2D eigenvalue weighted by Crippen LogP contribution is -2.43. The summed E-state index contributed by atoms with van der Waals surface area (Å²) in [7, 11) is -3.65. The molecule has 150 valence electrons. The first-order valence-electron chi connectivity index (χ1n) is 9.07. The van der Waals surface area contributed by atoms with Crippen molar-refractivity contribution < 1.29 is 18.0 Å². The van der Waals surface area contributed by atoms with Gasteiger partial charge < -0.3 is 10.2 Å². The molecule has 0 saturated heterocycles. The number of nitrogens with zero attached hydrogens (tertiary/aromatic N) is 2. The van der Waals surface area contributed by atoms with Gasteiger partial charge in [0.25, 0.3) is 0 Å². The third-order valence-corrected chi connectivity index (χ3v) is 7.30. The van der Waals surface area contributed by atoms with Gasteiger partial charge in [-0.15, -0.1) is 11.8 Å². The van der Waals surface area contributed by atoms with Gasteiger partial charge in [-0.05, 0) is 32.0 Å². The molecule has 1 aromatic carbocycles. The van der Waals surface area contributed by atoms with Crippen LogP contribution in [0, 0.1) is 0 Å². The van der Waals surface area contributed by atoms with Crippen LogP contribution in [0.15, 0.2) is 28.0 Å². The summed E-state index contributed by atoms with van der Waals surface area (Å²) in [5, 5.41) is 2.78. The van der Waals surface area contributed by atoms with E-state index in [4.69, 9.17) is 0 Å². The maximum atomic E-state index is 12.9. The molecule has 0 aliphatic carbocycles. The molecule has 0 unspecified atom stereocenters. The number of rotatable bonds is 7. The van der Waals surface area contributed by atoms with Crippen LogP contribution < -0.4 is 10.2 Å². The minimum Gasteiger partial charge on any atom is -0.352 e. The molecule has 1 heterocycles. The van der Waals surface area contributed by atoms with Crippen LogP contribution in [0.4, 0.5) is 5.69 Å². The molecule has 7 nitrogen and oxygen atoms in total. The normalized spacial score (nSPS) is 15.0. The summed E-state index contributed by atoms with van der Waals surface area (Å²) in [6.45, 7) is 7.87. The average molecular weight is 414 g/mol. The van der Waals surface area contributed by atoms with Crippen LogP contribution in [0.2, 0.25) is 0 Å². The highest BCUT2D eigenvalue weighted by molar-refractivity contribution is 7.99. The van der Waals surface area contributed by atoms with Gasteiger partial charge in [-0.1, -0.05) is 13.8 Å². The summed E-state index contributed by atoms with van der Waals surface area (Å²) in [4.78, 5) is 27.1. The Morgan fingerprint density at radius 3 is 2.56 bits per heavy atom. The largest absolute Gasteiger partial charge is 0.352 e. The molecule has 2 amide bonds. The van der Waals surface area contributed by atoms with Crippen LogP contribution in [0.5, 0.6) is 0 Å². The molecule has 0 atom stereocenters. The number of amides is 2. The number of hydrogen-bond acceptors (Lipinski definition) is 5. The van der Waals surface area contributed by atoms with E-state index in [0.717, 1.165) is 4.90 Å². The minimum atomic E-state index is -3.65. The van der Waals surface area contributed by atoms with Crippen molar-refractivity contribution >= 4 is 39.3 Å². The Morgan fingerprint density at radius 1 is 1.30 bits per heavy atom. The maximum absolute atomic E-state index is 12.9. The van der Waals surface area contributed by atoms with Crippen molar-refractivity contribution in [1.29, 1.82) is 0 Å². The Balaban J connectivity index is 2.46. The van der Waals surface area contributed by atoms with Crippen molar-refractivity contribution in [3.05, 3.63) is 18.2 Å². The summed E-state index contributed by atoms with van der Waals surface area (Å²) in [6.07, 6.45) is 0.298. The lowest BCUT2D eigenvalue weighted by molar-refractivity contribution is -0.124. The van der Waals surface area contributed by atoms with Gasteiger partial charge in [-0.2, -0.15) is 4.31 Å². The van der Waals surface area contributed by atoms with Crippen molar-refractivity contribution in [3.63, 3.8) is 0 Å². The number of nitrogens with one attached hydrogen (secondary N) is 1. The highest BCUT2D eigenvalue weighted by atomic mass is 32.2. The first kappa shape index (κ1) is 21.7. The lowest BCUT2D eigenvalue weighted by atomic mass is 10.2. The first-order valence-corrected chi connectivity index (χ1v) is 11.5. The second-order valence-electron chi connectivity index (χ2n) is 6.52. The zero-order chi connectivity index (χ0) is 20.2. The van der Waals surface area contributed by atoms with Crippen molar-refractivity contribution in [2.24, 2.45) is 0 Å². The number of benzene rings is 1. The summed E-state index contributed by atoms with van der Waals surface area (Å²) in [5.74, 6) is 0.141. The van der Waals surface area contributed by atoms with Crippen LogP contribution in [0.3, 0.4) is 0 Å². The van der Waals surface area contributed by atoms with E-state index in [-0.39, 0.29) is 29.3 Å². The molecule has 0 bridgehead atoms. The summed E-state index contributed by atoms with van der Waals surface area (Å²) in [6, 6.07) is 4.77. The van der Waals surface area contributed by atoms with Crippen LogP contribution in [0.1, 0.15) is 34.1 Å². The molecule has 1 aliphatic heterocycles. The SMILES string of the molecule is CCN(CC)S(=O)(=O)c1ccc2c(c1)N(CC(=O)NC(C)C)C(=O)CCS2. The fourth-order valence-electron chi connectivity index (χ4n) is 2.91. The van der Waals surface area contributed by atoms with Crippen molar-refractivity contribution in [3.8, 4) is 0 Å². The number of thioether (sulfide) groups is 1. The smallest absolute Gasteiger partial charge is 0.243 e. The number of fused-ring (bicyclic) bond motifs is 1. The molecule has 0 spiro atoms. The Labute approximate surface area is 165 Å². The number of anilines is 1. The Bertz CT molecular complexity index is 805. The molecule has 0 fully saturated rings. The minimum absolute atomic E-state index is 0.0391. The molecule has 1 aromatic rings. The molecule has 9 heteroatoms. The van der Waals surface area contributed by atoms with E-state index < -0.39 is 10.0 Å². The van der Waals surface area contributed by atoms with E-state index in [9.17, 15) is 18.0 Å². The van der Waals surface area contributed by atoms with Gasteiger partial charge in [0.15, 0.2) is 0 Å². The summed E-state index contributed by atoms with van der Waals surface area (Å²) < 4.78 is 27.1. The van der Waals surface area contributed by atoms with Crippen LogP contribution in [-0.2, 0) is 19.6 Å². The maximum Gasteiger partial charge on any atom is 0.243 e. The predicted octanol–water partition coefficient (Wildman–Crippen LogP) is 2.07. The topological polar surface area (TPSA) is 86.8 Å². The van der Waals surface area contributed by atoms with E-state index >= 15 is 0 Å². The molecule has 1 N–H and O–H groups in total. The number of carbonyl (C=O) groups is 2. The second-order valence-corrected chi connectivity index (χ2v) is 9.59. The van der Waals surface area contributed by atoms with Gasteiger partial charge in [0.1, 0.15) is 6.54 Å². The van der Waals surface area contributed by atoms with Gasteiger partial charge in [0, 0.05) is 36.2 Å². The summed E-state index contributed by atoms with van der Waals surface area (Å²) in [5.41, 5.74) is 0.481. The molecule has 27 heavy (non-hydrogen) atoms. The van der Waals surface area contributed by atoms with Crippen molar-refractivity contribution in [2.75, 3.05) is 30.3 Å². The molecule has 0 saturated carbocycles. The molecule has 0 radical (unpaired) electrons. The second kappa shape index (κ2) is 9.07. The first-order chi connectivity index (χ1) is 12.7.